The zero-order chi connectivity index (χ0) is 5.56. The van der Waals surface area contributed by atoms with Gasteiger partial charge in [-0.2, -0.15) is 0 Å². The highest BCUT2D eigenvalue weighted by Crippen LogP contribution is 2.45. The van der Waals surface area contributed by atoms with E-state index in [4.69, 9.17) is 5.73 Å². The van der Waals surface area contributed by atoms with Crippen LogP contribution in [0.4, 0.5) is 0 Å². The van der Waals surface area contributed by atoms with Gasteiger partial charge in [0.25, 0.3) is 0 Å². The molecule has 2 N–H and O–H groups in total. The summed E-state index contributed by atoms with van der Waals surface area (Å²) in [7, 11) is 0. The lowest BCUT2D eigenvalue weighted by Crippen LogP contribution is -2.44. The minimum Gasteiger partial charge on any atom is -0.327 e. The van der Waals surface area contributed by atoms with E-state index < -0.39 is 0 Å². The van der Waals surface area contributed by atoms with E-state index in [0.29, 0.717) is 6.04 Å². The Kier molecular flexibility index (Phi) is 0.884. The van der Waals surface area contributed by atoms with E-state index in [1.165, 1.54) is 25.7 Å². The van der Waals surface area contributed by atoms with Gasteiger partial charge in [0.05, 0.1) is 0 Å². The van der Waals surface area contributed by atoms with Crippen LogP contribution in [0.15, 0.2) is 0 Å². The molecule has 1 heteroatoms. The van der Waals surface area contributed by atoms with Gasteiger partial charge < -0.3 is 5.73 Å². The van der Waals surface area contributed by atoms with Crippen molar-refractivity contribution in [1.82, 2.24) is 0 Å². The molecule has 3 atom stereocenters. The van der Waals surface area contributed by atoms with Crippen molar-refractivity contribution in [3.8, 4) is 0 Å². The number of nitrogens with two attached hydrogens (primary N) is 1. The van der Waals surface area contributed by atoms with Crippen LogP contribution in [0.2, 0.25) is 0 Å². The first-order chi connectivity index (χ1) is 3.88. The first-order valence-corrected chi connectivity index (χ1v) is 3.63. The molecule has 2 rings (SSSR count). The molecule has 0 amide bonds. The highest BCUT2D eigenvalue weighted by atomic mass is 14.7. The van der Waals surface area contributed by atoms with E-state index in [2.05, 4.69) is 0 Å². The average molecular weight is 111 g/mol. The number of hydrogen-bond acceptors (Lipinski definition) is 1. The molecular weight excluding hydrogens is 98.1 g/mol. The van der Waals surface area contributed by atoms with Crippen molar-refractivity contribution in [2.75, 3.05) is 0 Å². The Bertz CT molecular complexity index is 101. The molecule has 0 aromatic rings. The maximum absolute atomic E-state index is 5.76. The van der Waals surface area contributed by atoms with E-state index >= 15 is 0 Å². The molecule has 0 aliphatic heterocycles. The van der Waals surface area contributed by atoms with Crippen LogP contribution in [0.1, 0.15) is 25.7 Å². The average Bonchev–Trinajstić information content (AvgIpc) is 2.09. The summed E-state index contributed by atoms with van der Waals surface area (Å²) in [5, 5.41) is 0. The molecular formula is C7H13N. The Morgan fingerprint density at radius 3 is 2.62 bits per heavy atom. The molecule has 46 valence electrons. The largest absolute Gasteiger partial charge is 0.327 e. The van der Waals surface area contributed by atoms with Crippen LogP contribution in [-0.2, 0) is 0 Å². The fraction of sp³-hybridized carbons (Fsp3) is 1.00. The van der Waals surface area contributed by atoms with Gasteiger partial charge in [-0.25, -0.2) is 0 Å². The Labute approximate surface area is 50.3 Å². The summed E-state index contributed by atoms with van der Waals surface area (Å²) in [4.78, 5) is 0. The third-order valence-electron chi connectivity index (χ3n) is 2.84. The maximum Gasteiger partial charge on any atom is 0.00725 e. The minimum absolute atomic E-state index is 0.586. The third-order valence-corrected chi connectivity index (χ3v) is 2.84. The molecule has 0 aromatic carbocycles. The zero-order valence-corrected chi connectivity index (χ0v) is 5.14. The Morgan fingerprint density at radius 1 is 1.25 bits per heavy atom. The standard InChI is InChI=1S/C7H13N/c8-7-4-5-2-1-3-6(5)7/h5-7H,1-4,8H2/t5-,6-,7+/m0/s1. The molecule has 2 fully saturated rings. The fourth-order valence-corrected chi connectivity index (χ4v) is 2.25. The highest BCUT2D eigenvalue weighted by Gasteiger charge is 2.41. The smallest absolute Gasteiger partial charge is 0.00725 e. The van der Waals surface area contributed by atoms with Crippen LogP contribution >= 0.6 is 0 Å². The summed E-state index contributed by atoms with van der Waals surface area (Å²) in [6.07, 6.45) is 5.66. The second kappa shape index (κ2) is 1.47. The molecule has 0 heterocycles. The topological polar surface area (TPSA) is 26.0 Å². The van der Waals surface area contributed by atoms with Crippen LogP contribution in [0.25, 0.3) is 0 Å². The predicted octanol–water partition coefficient (Wildman–Crippen LogP) is 1.13. The van der Waals surface area contributed by atoms with E-state index in [-0.39, 0.29) is 0 Å². The normalized spacial score (nSPS) is 52.9. The van der Waals surface area contributed by atoms with Gasteiger partial charge in [-0.1, -0.05) is 12.8 Å². The molecule has 2 aliphatic carbocycles. The summed E-state index contributed by atoms with van der Waals surface area (Å²) in [5.74, 6) is 1.99. The molecule has 0 radical (unpaired) electrons. The monoisotopic (exact) mass is 111 g/mol. The molecule has 2 aliphatic rings. The van der Waals surface area contributed by atoms with Crippen LogP contribution in [0.3, 0.4) is 0 Å². The van der Waals surface area contributed by atoms with Gasteiger partial charge in [0.1, 0.15) is 0 Å². The number of rotatable bonds is 0. The van der Waals surface area contributed by atoms with Crippen molar-refractivity contribution in [2.45, 2.75) is 31.7 Å². The van der Waals surface area contributed by atoms with Crippen LogP contribution < -0.4 is 5.73 Å². The van der Waals surface area contributed by atoms with Crippen molar-refractivity contribution >= 4 is 0 Å². The Morgan fingerprint density at radius 2 is 2.12 bits per heavy atom. The molecule has 0 unspecified atom stereocenters. The lowest BCUT2D eigenvalue weighted by molar-refractivity contribution is 0.173. The van der Waals surface area contributed by atoms with Gasteiger partial charge in [0, 0.05) is 6.04 Å². The second-order valence-electron chi connectivity index (χ2n) is 3.25. The summed E-state index contributed by atoms with van der Waals surface area (Å²) in [6, 6.07) is 0.586. The van der Waals surface area contributed by atoms with Gasteiger partial charge in [-0.3, -0.25) is 0 Å². The second-order valence-corrected chi connectivity index (χ2v) is 3.25. The van der Waals surface area contributed by atoms with Crippen molar-refractivity contribution in [3.63, 3.8) is 0 Å². The van der Waals surface area contributed by atoms with Crippen molar-refractivity contribution in [3.05, 3.63) is 0 Å². The summed E-state index contributed by atoms with van der Waals surface area (Å²) < 4.78 is 0. The molecule has 0 aromatic heterocycles. The Balaban J connectivity index is 2.02. The van der Waals surface area contributed by atoms with Crippen molar-refractivity contribution < 1.29 is 0 Å². The molecule has 0 spiro atoms. The van der Waals surface area contributed by atoms with E-state index in [1.807, 2.05) is 0 Å². The SMILES string of the molecule is N[C@@H]1C[C@@H]2CCC[C@@H]21. The van der Waals surface area contributed by atoms with Crippen LogP contribution in [0.5, 0.6) is 0 Å². The van der Waals surface area contributed by atoms with Crippen molar-refractivity contribution in [2.24, 2.45) is 17.6 Å². The molecule has 1 nitrogen and oxygen atoms in total. The van der Waals surface area contributed by atoms with Gasteiger partial charge in [0.2, 0.25) is 0 Å². The molecule has 2 saturated carbocycles. The van der Waals surface area contributed by atoms with E-state index in [9.17, 15) is 0 Å². The summed E-state index contributed by atoms with van der Waals surface area (Å²) in [5.41, 5.74) is 5.76. The van der Waals surface area contributed by atoms with Gasteiger partial charge >= 0.3 is 0 Å². The van der Waals surface area contributed by atoms with Crippen LogP contribution in [-0.4, -0.2) is 6.04 Å². The summed E-state index contributed by atoms with van der Waals surface area (Å²) in [6.45, 7) is 0. The quantitative estimate of drug-likeness (QED) is 0.498. The highest BCUT2D eigenvalue weighted by molar-refractivity contribution is 4.95. The van der Waals surface area contributed by atoms with Gasteiger partial charge in [0.15, 0.2) is 0 Å². The predicted molar refractivity (Wildman–Crippen MR) is 33.4 cm³/mol. The fourth-order valence-electron chi connectivity index (χ4n) is 2.25. The maximum atomic E-state index is 5.76. The van der Waals surface area contributed by atoms with Crippen molar-refractivity contribution in [1.29, 1.82) is 0 Å². The first-order valence-electron chi connectivity index (χ1n) is 3.63. The summed E-state index contributed by atoms with van der Waals surface area (Å²) >= 11 is 0. The molecule has 0 bridgehead atoms. The van der Waals surface area contributed by atoms with E-state index in [0.717, 1.165) is 11.8 Å². The lowest BCUT2D eigenvalue weighted by Gasteiger charge is -2.37. The minimum atomic E-state index is 0.586. The zero-order valence-electron chi connectivity index (χ0n) is 5.14. The van der Waals surface area contributed by atoms with Crippen LogP contribution in [0, 0.1) is 11.8 Å². The van der Waals surface area contributed by atoms with Gasteiger partial charge in [-0.15, -0.1) is 0 Å². The van der Waals surface area contributed by atoms with Gasteiger partial charge in [-0.05, 0) is 24.7 Å². The lowest BCUT2D eigenvalue weighted by atomic mass is 9.72. The first kappa shape index (κ1) is 4.80. The molecule has 0 saturated heterocycles. The third kappa shape index (κ3) is 0.455. The Hall–Kier alpha value is -0.0400. The molecule has 8 heavy (non-hydrogen) atoms. The van der Waals surface area contributed by atoms with E-state index in [1.54, 1.807) is 0 Å². The number of hydrogen-bond donors (Lipinski definition) is 1. The number of fused-ring (bicyclic) bond motifs is 1.